The minimum atomic E-state index is -0.485. The SMILES string of the molecule is O=C1Nc2cc3[nH]nc(-c4ccncc4)c3cc2CC(CC(CO)c2ccccc2)O1. The number of aromatic amines is 1. The van der Waals surface area contributed by atoms with Crippen molar-refractivity contribution >= 4 is 22.7 Å². The molecule has 3 N–H and O–H groups in total. The van der Waals surface area contributed by atoms with Crippen molar-refractivity contribution in [2.45, 2.75) is 24.9 Å². The number of rotatable bonds is 5. The molecule has 2 aromatic carbocycles. The number of anilines is 1. The molecule has 7 nitrogen and oxygen atoms in total. The number of hydrogen-bond acceptors (Lipinski definition) is 5. The lowest BCUT2D eigenvalue weighted by Crippen LogP contribution is -2.24. The van der Waals surface area contributed by atoms with Crippen LogP contribution in [-0.4, -0.2) is 39.1 Å². The number of cyclic esters (lactones) is 1. The van der Waals surface area contributed by atoms with Crippen LogP contribution in [-0.2, 0) is 11.2 Å². The van der Waals surface area contributed by atoms with Crippen LogP contribution in [0.4, 0.5) is 10.5 Å². The van der Waals surface area contributed by atoms with E-state index in [0.717, 1.165) is 33.3 Å². The van der Waals surface area contributed by atoms with Crippen molar-refractivity contribution in [2.24, 2.45) is 0 Å². The number of ether oxygens (including phenoxy) is 1. The maximum atomic E-state index is 12.4. The molecule has 31 heavy (non-hydrogen) atoms. The minimum absolute atomic E-state index is 0.00863. The number of amides is 1. The fourth-order valence-electron chi connectivity index (χ4n) is 4.19. The molecule has 0 saturated carbocycles. The molecule has 0 aliphatic carbocycles. The lowest BCUT2D eigenvalue weighted by atomic mass is 9.91. The number of aliphatic hydroxyl groups is 1. The van der Waals surface area contributed by atoms with E-state index in [0.29, 0.717) is 18.5 Å². The highest BCUT2D eigenvalue weighted by atomic mass is 16.6. The Morgan fingerprint density at radius 1 is 1.13 bits per heavy atom. The van der Waals surface area contributed by atoms with Gasteiger partial charge in [0.25, 0.3) is 0 Å². The number of hydrogen-bond donors (Lipinski definition) is 3. The number of fused-ring (bicyclic) bond motifs is 2. The molecule has 2 unspecified atom stereocenters. The summed E-state index contributed by atoms with van der Waals surface area (Å²) in [5, 5.41) is 21.3. The van der Waals surface area contributed by atoms with Gasteiger partial charge >= 0.3 is 6.09 Å². The molecular formula is C24H22N4O3. The Hall–Kier alpha value is -3.71. The van der Waals surface area contributed by atoms with Crippen LogP contribution in [0.15, 0.2) is 67.0 Å². The van der Waals surface area contributed by atoms with E-state index in [9.17, 15) is 9.90 Å². The van der Waals surface area contributed by atoms with Crippen molar-refractivity contribution < 1.29 is 14.6 Å². The number of carbonyl (C=O) groups excluding carboxylic acids is 1. The quantitative estimate of drug-likeness (QED) is 0.453. The maximum Gasteiger partial charge on any atom is 0.411 e. The Labute approximate surface area is 179 Å². The summed E-state index contributed by atoms with van der Waals surface area (Å²) in [6, 6.07) is 17.6. The molecule has 0 radical (unpaired) electrons. The Kier molecular flexibility index (Phi) is 5.09. The molecule has 0 fully saturated rings. The third-order valence-electron chi connectivity index (χ3n) is 5.74. The van der Waals surface area contributed by atoms with Crippen LogP contribution in [0.3, 0.4) is 0 Å². The van der Waals surface area contributed by atoms with E-state index in [1.54, 1.807) is 12.4 Å². The molecule has 1 amide bonds. The summed E-state index contributed by atoms with van der Waals surface area (Å²) < 4.78 is 5.67. The van der Waals surface area contributed by atoms with E-state index in [4.69, 9.17) is 4.74 Å². The summed E-state index contributed by atoms with van der Waals surface area (Å²) >= 11 is 0. The molecule has 7 heteroatoms. The van der Waals surface area contributed by atoms with Gasteiger partial charge in [-0.15, -0.1) is 0 Å². The fraction of sp³-hybridized carbons (Fsp3) is 0.208. The second kappa shape index (κ2) is 8.20. The zero-order chi connectivity index (χ0) is 21.2. The lowest BCUT2D eigenvalue weighted by molar-refractivity contribution is 0.0960. The highest BCUT2D eigenvalue weighted by Gasteiger charge is 2.27. The van der Waals surface area contributed by atoms with Crippen LogP contribution >= 0.6 is 0 Å². The second-order valence-corrected chi connectivity index (χ2v) is 7.75. The largest absolute Gasteiger partial charge is 0.446 e. The molecule has 4 aromatic rings. The predicted molar refractivity (Wildman–Crippen MR) is 118 cm³/mol. The van der Waals surface area contributed by atoms with Crippen LogP contribution in [0.5, 0.6) is 0 Å². The molecule has 0 bridgehead atoms. The number of aliphatic hydroxyl groups excluding tert-OH is 1. The highest BCUT2D eigenvalue weighted by molar-refractivity contribution is 5.98. The minimum Gasteiger partial charge on any atom is -0.446 e. The summed E-state index contributed by atoms with van der Waals surface area (Å²) in [5.41, 5.74) is 5.36. The van der Waals surface area contributed by atoms with E-state index in [2.05, 4.69) is 26.6 Å². The molecule has 2 atom stereocenters. The van der Waals surface area contributed by atoms with Gasteiger partial charge in [0, 0.05) is 41.4 Å². The maximum absolute atomic E-state index is 12.4. The monoisotopic (exact) mass is 414 g/mol. The molecule has 156 valence electrons. The van der Waals surface area contributed by atoms with Gasteiger partial charge in [0.05, 0.1) is 12.1 Å². The van der Waals surface area contributed by atoms with Gasteiger partial charge in [-0.2, -0.15) is 5.10 Å². The Bertz CT molecular complexity index is 1210. The normalized spacial score (nSPS) is 16.8. The van der Waals surface area contributed by atoms with Crippen LogP contribution in [0.2, 0.25) is 0 Å². The molecular weight excluding hydrogens is 392 g/mol. The van der Waals surface area contributed by atoms with E-state index in [1.165, 1.54) is 0 Å². The van der Waals surface area contributed by atoms with Gasteiger partial charge in [0.2, 0.25) is 0 Å². The fourth-order valence-corrected chi connectivity index (χ4v) is 4.19. The first-order valence-corrected chi connectivity index (χ1v) is 10.3. The number of carbonyl (C=O) groups is 1. The molecule has 3 heterocycles. The van der Waals surface area contributed by atoms with Crippen molar-refractivity contribution in [1.29, 1.82) is 0 Å². The van der Waals surface area contributed by atoms with Crippen molar-refractivity contribution in [2.75, 3.05) is 11.9 Å². The standard InChI is InChI=1S/C24H22N4O3/c29-14-18(15-4-2-1-3-5-15)11-19-10-17-12-20-22(13-21(17)26-24(30)31-19)27-28-23(20)16-6-8-25-9-7-16/h1-9,12-13,18-19,29H,10-11,14H2,(H,26,30)(H,27,28). The van der Waals surface area contributed by atoms with Crippen LogP contribution < -0.4 is 5.32 Å². The number of pyridine rings is 1. The summed E-state index contributed by atoms with van der Waals surface area (Å²) in [5.74, 6) is -0.106. The van der Waals surface area contributed by atoms with E-state index in [-0.39, 0.29) is 18.6 Å². The summed E-state index contributed by atoms with van der Waals surface area (Å²) in [4.78, 5) is 16.5. The first kappa shape index (κ1) is 19.3. The van der Waals surface area contributed by atoms with E-state index in [1.807, 2.05) is 48.5 Å². The summed E-state index contributed by atoms with van der Waals surface area (Å²) in [6.07, 6.45) is 3.72. The average molecular weight is 414 g/mol. The van der Waals surface area contributed by atoms with Gasteiger partial charge in [-0.25, -0.2) is 4.79 Å². The summed E-state index contributed by atoms with van der Waals surface area (Å²) in [7, 11) is 0. The third kappa shape index (κ3) is 3.87. The van der Waals surface area contributed by atoms with Gasteiger partial charge < -0.3 is 9.84 Å². The van der Waals surface area contributed by atoms with Gasteiger partial charge in [-0.3, -0.25) is 15.4 Å². The highest BCUT2D eigenvalue weighted by Crippen LogP contribution is 2.34. The van der Waals surface area contributed by atoms with E-state index < -0.39 is 6.09 Å². The van der Waals surface area contributed by atoms with Crippen LogP contribution in [0, 0.1) is 0 Å². The zero-order valence-corrected chi connectivity index (χ0v) is 16.8. The Balaban J connectivity index is 1.48. The second-order valence-electron chi connectivity index (χ2n) is 7.75. The van der Waals surface area contributed by atoms with Gasteiger partial charge in [-0.05, 0) is 41.8 Å². The number of nitrogens with zero attached hydrogens (tertiary/aromatic N) is 2. The summed E-state index contributed by atoms with van der Waals surface area (Å²) in [6.45, 7) is -0.00863. The van der Waals surface area contributed by atoms with Crippen LogP contribution in [0.1, 0.15) is 23.5 Å². The first-order chi connectivity index (χ1) is 15.2. The van der Waals surface area contributed by atoms with Crippen molar-refractivity contribution in [3.8, 4) is 11.3 Å². The predicted octanol–water partition coefficient (Wildman–Crippen LogP) is 4.26. The number of aromatic nitrogens is 3. The molecule has 1 aliphatic rings. The van der Waals surface area contributed by atoms with Crippen molar-refractivity contribution in [3.63, 3.8) is 0 Å². The lowest BCUT2D eigenvalue weighted by Gasteiger charge is -2.21. The Morgan fingerprint density at radius 2 is 1.94 bits per heavy atom. The third-order valence-corrected chi connectivity index (χ3v) is 5.74. The molecule has 0 spiro atoms. The zero-order valence-electron chi connectivity index (χ0n) is 16.8. The first-order valence-electron chi connectivity index (χ1n) is 10.3. The van der Waals surface area contributed by atoms with Crippen LogP contribution in [0.25, 0.3) is 22.2 Å². The van der Waals surface area contributed by atoms with Gasteiger partial charge in [0.15, 0.2) is 0 Å². The molecule has 5 rings (SSSR count). The molecule has 0 saturated heterocycles. The van der Waals surface area contributed by atoms with Gasteiger partial charge in [-0.1, -0.05) is 30.3 Å². The molecule has 2 aromatic heterocycles. The molecule has 1 aliphatic heterocycles. The Morgan fingerprint density at radius 3 is 2.71 bits per heavy atom. The van der Waals surface area contributed by atoms with Gasteiger partial charge in [0.1, 0.15) is 11.8 Å². The number of benzene rings is 2. The number of nitrogens with one attached hydrogen (secondary N) is 2. The van der Waals surface area contributed by atoms with Crippen molar-refractivity contribution in [3.05, 3.63) is 78.1 Å². The van der Waals surface area contributed by atoms with E-state index >= 15 is 0 Å². The van der Waals surface area contributed by atoms with Crippen molar-refractivity contribution in [1.82, 2.24) is 15.2 Å². The smallest absolute Gasteiger partial charge is 0.411 e. The topological polar surface area (TPSA) is 100 Å². The average Bonchev–Trinajstić information content (AvgIpc) is 3.13. The number of H-pyrrole nitrogens is 1.